The third kappa shape index (κ3) is 4.57. The van der Waals surface area contributed by atoms with Crippen LogP contribution < -0.4 is 5.32 Å². The molecule has 2 heterocycles. The molecule has 0 spiro atoms. The van der Waals surface area contributed by atoms with Gasteiger partial charge in [0.25, 0.3) is 5.91 Å². The fraction of sp³-hybridized carbons (Fsp3) is 0.389. The van der Waals surface area contributed by atoms with Crippen LogP contribution in [0.3, 0.4) is 0 Å². The van der Waals surface area contributed by atoms with Crippen molar-refractivity contribution in [3.8, 4) is 0 Å². The van der Waals surface area contributed by atoms with Crippen molar-refractivity contribution in [3.05, 3.63) is 54.0 Å². The van der Waals surface area contributed by atoms with Crippen molar-refractivity contribution in [1.82, 2.24) is 14.9 Å². The first-order valence-corrected chi connectivity index (χ1v) is 10.4. The van der Waals surface area contributed by atoms with Gasteiger partial charge in [-0.3, -0.25) is 4.79 Å². The van der Waals surface area contributed by atoms with Crippen LogP contribution in [0.4, 0.5) is 5.82 Å². The van der Waals surface area contributed by atoms with Crippen LogP contribution >= 0.6 is 0 Å². The molecule has 0 saturated carbocycles. The monoisotopic (exact) mass is 374 g/mol. The molecular weight excluding hydrogens is 352 g/mol. The Kier molecular flexibility index (Phi) is 5.51. The lowest BCUT2D eigenvalue weighted by Gasteiger charge is -2.20. The Bertz CT molecular complexity index is 854. The minimum atomic E-state index is -2.95. The molecular formula is C18H22N4O3S. The summed E-state index contributed by atoms with van der Waals surface area (Å²) >= 11 is 0. The summed E-state index contributed by atoms with van der Waals surface area (Å²) in [4.78, 5) is 22.8. The molecule has 2 aromatic rings. The van der Waals surface area contributed by atoms with Gasteiger partial charge < -0.3 is 10.2 Å². The van der Waals surface area contributed by atoms with Crippen molar-refractivity contribution in [3.63, 3.8) is 0 Å². The molecule has 26 heavy (non-hydrogen) atoms. The average Bonchev–Trinajstić information content (AvgIpc) is 2.99. The number of aromatic nitrogens is 2. The van der Waals surface area contributed by atoms with E-state index < -0.39 is 9.84 Å². The number of amides is 1. The number of benzene rings is 1. The first kappa shape index (κ1) is 18.3. The molecule has 7 nitrogen and oxygen atoms in total. The molecule has 1 aliphatic rings. The van der Waals surface area contributed by atoms with E-state index in [0.29, 0.717) is 25.3 Å². The van der Waals surface area contributed by atoms with Crippen LogP contribution in [0.1, 0.15) is 29.4 Å². The van der Waals surface area contributed by atoms with E-state index in [9.17, 15) is 13.2 Å². The second-order valence-corrected chi connectivity index (χ2v) is 8.56. The molecule has 0 aliphatic carbocycles. The Morgan fingerprint density at radius 2 is 2.00 bits per heavy atom. The summed E-state index contributed by atoms with van der Waals surface area (Å²) in [6.07, 6.45) is 3.47. The van der Waals surface area contributed by atoms with E-state index in [-0.39, 0.29) is 29.1 Å². The number of anilines is 1. The second-order valence-electron chi connectivity index (χ2n) is 6.34. The van der Waals surface area contributed by atoms with Crippen LogP contribution in [-0.2, 0) is 16.4 Å². The molecule has 3 rings (SSSR count). The Balaban J connectivity index is 1.64. The van der Waals surface area contributed by atoms with E-state index in [0.717, 1.165) is 5.56 Å². The Hall–Kier alpha value is -2.48. The Labute approximate surface area is 153 Å². The zero-order valence-electron chi connectivity index (χ0n) is 14.6. The highest BCUT2D eigenvalue weighted by atomic mass is 32.2. The smallest absolute Gasteiger partial charge is 0.274 e. The second kappa shape index (κ2) is 7.82. The number of hydrogen-bond acceptors (Lipinski definition) is 6. The number of nitrogens with zero attached hydrogens (tertiary/aromatic N) is 3. The lowest BCUT2D eigenvalue weighted by molar-refractivity contribution is 0.0746. The fourth-order valence-electron chi connectivity index (χ4n) is 2.92. The molecule has 1 fully saturated rings. The molecule has 1 atom stereocenters. The summed E-state index contributed by atoms with van der Waals surface area (Å²) in [6, 6.07) is 9.62. The highest BCUT2D eigenvalue weighted by Gasteiger charge is 2.28. The van der Waals surface area contributed by atoms with Crippen LogP contribution in [0.2, 0.25) is 0 Å². The lowest BCUT2D eigenvalue weighted by Crippen LogP contribution is -2.31. The number of carbonyl (C=O) groups is 1. The average molecular weight is 374 g/mol. The van der Waals surface area contributed by atoms with Gasteiger partial charge in [0.15, 0.2) is 9.84 Å². The topological polar surface area (TPSA) is 92.3 Å². The highest BCUT2D eigenvalue weighted by molar-refractivity contribution is 7.91. The molecule has 138 valence electrons. The van der Waals surface area contributed by atoms with Gasteiger partial charge in [0, 0.05) is 19.1 Å². The van der Waals surface area contributed by atoms with E-state index >= 15 is 0 Å². The third-order valence-corrected chi connectivity index (χ3v) is 6.11. The summed E-state index contributed by atoms with van der Waals surface area (Å²) in [5.74, 6) is 0.601. The molecule has 1 unspecified atom stereocenters. The van der Waals surface area contributed by atoms with E-state index in [1.807, 2.05) is 37.3 Å². The number of rotatable bonds is 6. The molecule has 1 N–H and O–H groups in total. The van der Waals surface area contributed by atoms with Crippen molar-refractivity contribution in [2.75, 3.05) is 23.4 Å². The standard InChI is InChI=1S/C18H22N4O3S/c1-2-22(12-14-6-4-3-5-7-14)18(23)16-10-20-17(11-19-16)21-15-8-9-26(24,25)13-15/h3-7,10-11,15H,2,8-9,12-13H2,1H3,(H,20,21). The van der Waals surface area contributed by atoms with Crippen LogP contribution in [-0.4, -0.2) is 53.3 Å². The quantitative estimate of drug-likeness (QED) is 0.828. The van der Waals surface area contributed by atoms with Crippen molar-refractivity contribution in [2.24, 2.45) is 0 Å². The maximum atomic E-state index is 12.6. The van der Waals surface area contributed by atoms with Crippen LogP contribution in [0.25, 0.3) is 0 Å². The van der Waals surface area contributed by atoms with E-state index in [2.05, 4.69) is 15.3 Å². The molecule has 1 aromatic heterocycles. The van der Waals surface area contributed by atoms with Crippen molar-refractivity contribution in [2.45, 2.75) is 25.9 Å². The van der Waals surface area contributed by atoms with Crippen molar-refractivity contribution < 1.29 is 13.2 Å². The largest absolute Gasteiger partial charge is 0.365 e. The van der Waals surface area contributed by atoms with Crippen LogP contribution in [0, 0.1) is 0 Å². The van der Waals surface area contributed by atoms with E-state index in [4.69, 9.17) is 0 Å². The highest BCUT2D eigenvalue weighted by Crippen LogP contribution is 2.16. The molecule has 1 aliphatic heterocycles. The zero-order valence-corrected chi connectivity index (χ0v) is 15.4. The SMILES string of the molecule is CCN(Cc1ccccc1)C(=O)c1cnc(NC2CCS(=O)(=O)C2)cn1. The zero-order chi connectivity index (χ0) is 18.6. The van der Waals surface area contributed by atoms with Gasteiger partial charge in [0.1, 0.15) is 11.5 Å². The van der Waals surface area contributed by atoms with Gasteiger partial charge in [-0.1, -0.05) is 30.3 Å². The normalized spacial score (nSPS) is 18.4. The molecule has 1 saturated heterocycles. The lowest BCUT2D eigenvalue weighted by atomic mass is 10.2. The number of nitrogens with one attached hydrogen (secondary N) is 1. The van der Waals surface area contributed by atoms with Gasteiger partial charge in [-0.2, -0.15) is 0 Å². The molecule has 0 radical (unpaired) electrons. The van der Waals surface area contributed by atoms with Gasteiger partial charge >= 0.3 is 0 Å². The Morgan fingerprint density at radius 3 is 2.58 bits per heavy atom. The van der Waals surface area contributed by atoms with Crippen molar-refractivity contribution >= 4 is 21.6 Å². The maximum absolute atomic E-state index is 12.6. The van der Waals surface area contributed by atoms with Gasteiger partial charge in [-0.05, 0) is 18.9 Å². The van der Waals surface area contributed by atoms with Gasteiger partial charge in [0.05, 0.1) is 23.9 Å². The molecule has 8 heteroatoms. The predicted octanol–water partition coefficient (Wildman–Crippen LogP) is 1.74. The molecule has 0 bridgehead atoms. The van der Waals surface area contributed by atoms with Gasteiger partial charge in [-0.25, -0.2) is 18.4 Å². The number of sulfone groups is 1. The summed E-state index contributed by atoms with van der Waals surface area (Å²) in [5.41, 5.74) is 1.32. The minimum absolute atomic E-state index is 0.107. The first-order chi connectivity index (χ1) is 12.5. The van der Waals surface area contributed by atoms with Crippen LogP contribution in [0.15, 0.2) is 42.7 Å². The Morgan fingerprint density at radius 1 is 1.23 bits per heavy atom. The van der Waals surface area contributed by atoms with E-state index in [1.54, 1.807) is 4.90 Å². The first-order valence-electron chi connectivity index (χ1n) is 8.59. The summed E-state index contributed by atoms with van der Waals surface area (Å²) < 4.78 is 23.0. The third-order valence-electron chi connectivity index (χ3n) is 4.34. The predicted molar refractivity (Wildman–Crippen MR) is 99.6 cm³/mol. The minimum Gasteiger partial charge on any atom is -0.365 e. The van der Waals surface area contributed by atoms with Crippen molar-refractivity contribution in [1.29, 1.82) is 0 Å². The summed E-state index contributed by atoms with van der Waals surface area (Å²) in [5, 5.41) is 3.07. The van der Waals surface area contributed by atoms with Crippen LogP contribution in [0.5, 0.6) is 0 Å². The maximum Gasteiger partial charge on any atom is 0.274 e. The summed E-state index contributed by atoms with van der Waals surface area (Å²) in [7, 11) is -2.95. The van der Waals surface area contributed by atoms with E-state index in [1.165, 1.54) is 12.4 Å². The number of carbonyl (C=O) groups excluding carboxylic acids is 1. The fourth-order valence-corrected chi connectivity index (χ4v) is 4.60. The molecule has 1 aromatic carbocycles. The summed E-state index contributed by atoms with van der Waals surface area (Å²) in [6.45, 7) is 3.00. The number of hydrogen-bond donors (Lipinski definition) is 1. The van der Waals surface area contributed by atoms with Gasteiger partial charge in [-0.15, -0.1) is 0 Å². The molecule has 1 amide bonds. The van der Waals surface area contributed by atoms with Gasteiger partial charge in [0.2, 0.25) is 0 Å².